The number of carbonyl (C=O) groups is 1. The number of hydrogen-bond acceptors (Lipinski definition) is 4. The van der Waals surface area contributed by atoms with Crippen molar-refractivity contribution in [1.29, 1.82) is 0 Å². The van der Waals surface area contributed by atoms with Crippen molar-refractivity contribution in [3.63, 3.8) is 0 Å². The second-order valence-electron chi connectivity index (χ2n) is 2.52. The molecule has 0 aromatic carbocycles. The maximum Gasteiger partial charge on any atom is 0.322 e. The van der Waals surface area contributed by atoms with Crippen LogP contribution in [0.5, 0.6) is 0 Å². The van der Waals surface area contributed by atoms with Gasteiger partial charge in [-0.05, 0) is 14.0 Å². The monoisotopic (exact) mass is 175 g/mol. The molecule has 0 fully saturated rings. The lowest BCUT2D eigenvalue weighted by Gasteiger charge is -2.09. The topological polar surface area (TPSA) is 47.6 Å². The Morgan fingerprint density at radius 3 is 2.67 bits per heavy atom. The lowest BCUT2D eigenvalue weighted by atomic mass is 10.3. The van der Waals surface area contributed by atoms with Crippen molar-refractivity contribution in [3.8, 4) is 0 Å². The Morgan fingerprint density at radius 2 is 2.17 bits per heavy atom. The van der Waals surface area contributed by atoms with Gasteiger partial charge in [-0.2, -0.15) is 0 Å². The van der Waals surface area contributed by atoms with Gasteiger partial charge in [0, 0.05) is 20.1 Å². The Balaban J connectivity index is 3.31. The summed E-state index contributed by atoms with van der Waals surface area (Å²) in [6.45, 7) is 2.82. The van der Waals surface area contributed by atoms with Gasteiger partial charge in [-0.3, -0.25) is 4.79 Å². The van der Waals surface area contributed by atoms with Gasteiger partial charge in [0.15, 0.2) is 0 Å². The Bertz CT molecular complexity index is 127. The molecule has 1 N–H and O–H groups in total. The van der Waals surface area contributed by atoms with Crippen LogP contribution in [0.1, 0.15) is 13.3 Å². The smallest absolute Gasteiger partial charge is 0.322 e. The van der Waals surface area contributed by atoms with E-state index >= 15 is 0 Å². The molecule has 0 aliphatic carbocycles. The molecule has 0 aromatic rings. The molecular formula is C8H17NO3. The normalized spacial score (nSPS) is 12.6. The van der Waals surface area contributed by atoms with Gasteiger partial charge in [0.2, 0.25) is 0 Å². The number of ether oxygens (including phenoxy) is 2. The summed E-state index contributed by atoms with van der Waals surface area (Å²) in [7, 11) is 3.35. The molecule has 0 radical (unpaired) electrons. The van der Waals surface area contributed by atoms with E-state index < -0.39 is 0 Å². The maximum absolute atomic E-state index is 11.0. The fourth-order valence-corrected chi connectivity index (χ4v) is 0.619. The van der Waals surface area contributed by atoms with Crippen LogP contribution in [0.3, 0.4) is 0 Å². The molecule has 0 amide bonds. The molecule has 1 unspecified atom stereocenters. The third-order valence-corrected chi connectivity index (χ3v) is 1.52. The number of methoxy groups -OCH3 is 1. The molecule has 4 nitrogen and oxygen atoms in total. The van der Waals surface area contributed by atoms with Gasteiger partial charge < -0.3 is 14.8 Å². The minimum Gasteiger partial charge on any atom is -0.464 e. The number of rotatable bonds is 6. The Hall–Kier alpha value is -0.610. The van der Waals surface area contributed by atoms with Crippen LogP contribution < -0.4 is 5.32 Å². The predicted octanol–water partition coefficient (Wildman–Crippen LogP) is 0.174. The quantitative estimate of drug-likeness (QED) is 0.462. The Kier molecular flexibility index (Phi) is 6.70. The van der Waals surface area contributed by atoms with Gasteiger partial charge in [0.1, 0.15) is 6.04 Å². The molecule has 72 valence electrons. The van der Waals surface area contributed by atoms with Crippen LogP contribution in [-0.4, -0.2) is 39.4 Å². The molecule has 0 saturated carbocycles. The van der Waals surface area contributed by atoms with Crippen molar-refractivity contribution < 1.29 is 14.3 Å². The van der Waals surface area contributed by atoms with Gasteiger partial charge in [-0.15, -0.1) is 0 Å². The zero-order valence-electron chi connectivity index (χ0n) is 7.92. The highest BCUT2D eigenvalue weighted by atomic mass is 16.5. The summed E-state index contributed by atoms with van der Waals surface area (Å²) in [4.78, 5) is 11.0. The van der Waals surface area contributed by atoms with E-state index in [4.69, 9.17) is 9.47 Å². The summed E-state index contributed by atoms with van der Waals surface area (Å²) in [5.74, 6) is -0.214. The van der Waals surface area contributed by atoms with Crippen LogP contribution in [0, 0.1) is 0 Å². The van der Waals surface area contributed by atoms with Crippen molar-refractivity contribution in [2.75, 3.05) is 27.4 Å². The third-order valence-electron chi connectivity index (χ3n) is 1.52. The lowest BCUT2D eigenvalue weighted by Crippen LogP contribution is -2.32. The van der Waals surface area contributed by atoms with Crippen LogP contribution in [0.15, 0.2) is 0 Å². The highest BCUT2D eigenvalue weighted by Crippen LogP contribution is 1.89. The molecule has 0 saturated heterocycles. The first-order valence-electron chi connectivity index (χ1n) is 4.05. The molecule has 0 aromatic heterocycles. The summed E-state index contributed by atoms with van der Waals surface area (Å²) in [6, 6.07) is -0.229. The number of nitrogens with one attached hydrogen (secondary N) is 1. The molecule has 0 rings (SSSR count). The van der Waals surface area contributed by atoms with Crippen molar-refractivity contribution >= 4 is 5.97 Å². The van der Waals surface area contributed by atoms with Crippen LogP contribution >= 0.6 is 0 Å². The maximum atomic E-state index is 11.0. The minimum absolute atomic E-state index is 0.214. The van der Waals surface area contributed by atoms with Crippen molar-refractivity contribution in [2.24, 2.45) is 0 Å². The second kappa shape index (κ2) is 7.06. The fraction of sp³-hybridized carbons (Fsp3) is 0.875. The van der Waals surface area contributed by atoms with Crippen LogP contribution in [-0.2, 0) is 14.3 Å². The average molecular weight is 175 g/mol. The SMILES string of the molecule is CNC(C)C(=O)OCCCOC. The first-order chi connectivity index (χ1) is 5.72. The zero-order chi connectivity index (χ0) is 9.40. The fourth-order valence-electron chi connectivity index (χ4n) is 0.619. The highest BCUT2D eigenvalue weighted by molar-refractivity contribution is 5.75. The van der Waals surface area contributed by atoms with E-state index in [2.05, 4.69) is 5.32 Å². The third kappa shape index (κ3) is 5.09. The van der Waals surface area contributed by atoms with Crippen LogP contribution in [0.2, 0.25) is 0 Å². The van der Waals surface area contributed by atoms with Crippen LogP contribution in [0.25, 0.3) is 0 Å². The molecule has 12 heavy (non-hydrogen) atoms. The van der Waals surface area contributed by atoms with E-state index in [1.807, 2.05) is 0 Å². The van der Waals surface area contributed by atoms with Gasteiger partial charge in [-0.1, -0.05) is 0 Å². The largest absolute Gasteiger partial charge is 0.464 e. The predicted molar refractivity (Wildman–Crippen MR) is 46.0 cm³/mol. The zero-order valence-corrected chi connectivity index (χ0v) is 7.92. The number of carbonyl (C=O) groups excluding carboxylic acids is 1. The van der Waals surface area contributed by atoms with E-state index in [0.29, 0.717) is 13.2 Å². The molecule has 4 heteroatoms. The van der Waals surface area contributed by atoms with E-state index in [-0.39, 0.29) is 12.0 Å². The number of esters is 1. The highest BCUT2D eigenvalue weighted by Gasteiger charge is 2.10. The lowest BCUT2D eigenvalue weighted by molar-refractivity contribution is -0.145. The molecular weight excluding hydrogens is 158 g/mol. The second-order valence-corrected chi connectivity index (χ2v) is 2.52. The molecule has 1 atom stereocenters. The standard InChI is InChI=1S/C8H17NO3/c1-7(9-2)8(10)12-6-4-5-11-3/h7,9H,4-6H2,1-3H3. The van der Waals surface area contributed by atoms with E-state index in [9.17, 15) is 4.79 Å². The number of likely N-dealkylation sites (N-methyl/N-ethyl adjacent to an activating group) is 1. The minimum atomic E-state index is -0.229. The van der Waals surface area contributed by atoms with E-state index in [0.717, 1.165) is 6.42 Å². The van der Waals surface area contributed by atoms with Gasteiger partial charge in [0.05, 0.1) is 6.61 Å². The summed E-state index contributed by atoms with van der Waals surface area (Å²) in [6.07, 6.45) is 0.749. The van der Waals surface area contributed by atoms with Crippen molar-refractivity contribution in [1.82, 2.24) is 5.32 Å². The Labute approximate surface area is 73.2 Å². The summed E-state index contributed by atoms with van der Waals surface area (Å²) < 4.78 is 9.72. The number of hydrogen-bond donors (Lipinski definition) is 1. The molecule has 0 aliphatic rings. The average Bonchev–Trinajstić information content (AvgIpc) is 2.10. The summed E-state index contributed by atoms with van der Waals surface area (Å²) in [5.41, 5.74) is 0. The van der Waals surface area contributed by atoms with Crippen LogP contribution in [0.4, 0.5) is 0 Å². The molecule has 0 aliphatic heterocycles. The molecule has 0 bridgehead atoms. The van der Waals surface area contributed by atoms with E-state index in [1.54, 1.807) is 21.1 Å². The molecule has 0 heterocycles. The van der Waals surface area contributed by atoms with Crippen molar-refractivity contribution in [3.05, 3.63) is 0 Å². The molecule has 0 spiro atoms. The Morgan fingerprint density at radius 1 is 1.50 bits per heavy atom. The van der Waals surface area contributed by atoms with Crippen molar-refractivity contribution in [2.45, 2.75) is 19.4 Å². The van der Waals surface area contributed by atoms with Gasteiger partial charge in [-0.25, -0.2) is 0 Å². The van der Waals surface area contributed by atoms with E-state index in [1.165, 1.54) is 0 Å². The first kappa shape index (κ1) is 11.4. The van der Waals surface area contributed by atoms with Gasteiger partial charge >= 0.3 is 5.97 Å². The first-order valence-corrected chi connectivity index (χ1v) is 4.05. The summed E-state index contributed by atoms with van der Waals surface area (Å²) >= 11 is 0. The van der Waals surface area contributed by atoms with Gasteiger partial charge in [0.25, 0.3) is 0 Å². The summed E-state index contributed by atoms with van der Waals surface area (Å²) in [5, 5.41) is 2.80.